The van der Waals surface area contributed by atoms with E-state index in [1.54, 1.807) is 18.0 Å². The maximum Gasteiger partial charge on any atom is 0.254 e. The molecule has 0 N–H and O–H groups in total. The number of likely N-dealkylation sites (tertiary alicyclic amines) is 1. The largest absolute Gasteiger partial charge is 0.488 e. The molecular weight excluding hydrogens is 394 g/mol. The van der Waals surface area contributed by atoms with Crippen LogP contribution in [0.2, 0.25) is 0 Å². The summed E-state index contributed by atoms with van der Waals surface area (Å²) in [6.45, 7) is 2.77. The molecule has 0 radical (unpaired) electrons. The van der Waals surface area contributed by atoms with Gasteiger partial charge in [0.2, 0.25) is 10.0 Å². The molecule has 1 saturated heterocycles. The summed E-state index contributed by atoms with van der Waals surface area (Å²) in [5.74, 6) is 0.327. The molecule has 8 nitrogen and oxygen atoms in total. The standard InChI is InChI=1S/C20H25N3O5S/c1-14-11-17(12-19(24)22(14)4)28-16-9-10-23(13-16)20(25)15-5-7-18(8-6-15)29(26,27)21(2)3/h5-8,11-12,16H,9-10,13H2,1-4H3. The number of rotatable bonds is 5. The van der Waals surface area contributed by atoms with E-state index >= 15 is 0 Å². The van der Waals surface area contributed by atoms with Crippen LogP contribution in [0.5, 0.6) is 5.75 Å². The van der Waals surface area contributed by atoms with Crippen LogP contribution < -0.4 is 10.3 Å². The van der Waals surface area contributed by atoms with Crippen LogP contribution in [0.15, 0.2) is 46.1 Å². The second kappa shape index (κ2) is 8.00. The van der Waals surface area contributed by atoms with Crippen molar-refractivity contribution in [3.63, 3.8) is 0 Å². The summed E-state index contributed by atoms with van der Waals surface area (Å²) in [5, 5.41) is 0. The highest BCUT2D eigenvalue weighted by Crippen LogP contribution is 2.21. The molecule has 0 saturated carbocycles. The van der Waals surface area contributed by atoms with Crippen molar-refractivity contribution in [3.8, 4) is 5.75 Å². The van der Waals surface area contributed by atoms with Gasteiger partial charge >= 0.3 is 0 Å². The van der Waals surface area contributed by atoms with Gasteiger partial charge in [-0.05, 0) is 37.3 Å². The Morgan fingerprint density at radius 2 is 1.83 bits per heavy atom. The lowest BCUT2D eigenvalue weighted by Crippen LogP contribution is -2.31. The number of benzene rings is 1. The first-order valence-corrected chi connectivity index (χ1v) is 10.7. The highest BCUT2D eigenvalue weighted by atomic mass is 32.2. The number of amides is 1. The van der Waals surface area contributed by atoms with Gasteiger partial charge < -0.3 is 14.2 Å². The second-order valence-corrected chi connectivity index (χ2v) is 9.47. The summed E-state index contributed by atoms with van der Waals surface area (Å²) in [5.41, 5.74) is 1.08. The van der Waals surface area contributed by atoms with Gasteiger partial charge in [0.25, 0.3) is 11.5 Å². The van der Waals surface area contributed by atoms with Crippen LogP contribution in [-0.4, -0.2) is 61.4 Å². The lowest BCUT2D eigenvalue weighted by Gasteiger charge is -2.18. The molecule has 1 unspecified atom stereocenters. The number of carbonyl (C=O) groups excluding carboxylic acids is 1. The third kappa shape index (κ3) is 4.35. The molecule has 1 aliphatic rings. The fourth-order valence-electron chi connectivity index (χ4n) is 3.17. The van der Waals surface area contributed by atoms with Crippen LogP contribution >= 0.6 is 0 Å². The number of ether oxygens (including phenoxy) is 1. The molecule has 1 aromatic heterocycles. The monoisotopic (exact) mass is 419 g/mol. The summed E-state index contributed by atoms with van der Waals surface area (Å²) in [6.07, 6.45) is 0.464. The van der Waals surface area contributed by atoms with Crippen molar-refractivity contribution in [1.82, 2.24) is 13.8 Å². The van der Waals surface area contributed by atoms with E-state index in [1.807, 2.05) is 6.92 Å². The zero-order valence-corrected chi connectivity index (χ0v) is 17.8. The van der Waals surface area contributed by atoms with Gasteiger partial charge in [-0.1, -0.05) is 0 Å². The average Bonchev–Trinajstić information content (AvgIpc) is 3.13. The minimum absolute atomic E-state index is 0.140. The molecule has 1 atom stereocenters. The summed E-state index contributed by atoms with van der Waals surface area (Å²) in [6, 6.07) is 9.18. The van der Waals surface area contributed by atoms with Gasteiger partial charge in [-0.2, -0.15) is 0 Å². The van der Waals surface area contributed by atoms with Crippen molar-refractivity contribution >= 4 is 15.9 Å². The summed E-state index contributed by atoms with van der Waals surface area (Å²) in [7, 11) is 1.09. The topological polar surface area (TPSA) is 88.9 Å². The summed E-state index contributed by atoms with van der Waals surface area (Å²) in [4.78, 5) is 26.5. The van der Waals surface area contributed by atoms with Crippen molar-refractivity contribution in [3.05, 3.63) is 58.0 Å². The number of aryl methyl sites for hydroxylation is 1. The number of nitrogens with zero attached hydrogens (tertiary/aromatic N) is 3. The molecule has 1 aromatic carbocycles. The SMILES string of the molecule is Cc1cc(OC2CCN(C(=O)c3ccc(S(=O)(=O)N(C)C)cc3)C2)cc(=O)n1C. The fourth-order valence-corrected chi connectivity index (χ4v) is 4.07. The van der Waals surface area contributed by atoms with Crippen LogP contribution in [0.3, 0.4) is 0 Å². The molecule has 0 spiro atoms. The van der Waals surface area contributed by atoms with Crippen LogP contribution in [0.4, 0.5) is 0 Å². The van der Waals surface area contributed by atoms with Crippen molar-refractivity contribution < 1.29 is 17.9 Å². The third-order valence-electron chi connectivity index (χ3n) is 5.09. The zero-order valence-electron chi connectivity index (χ0n) is 17.0. The fraction of sp³-hybridized carbons (Fsp3) is 0.400. The molecule has 0 aliphatic carbocycles. The second-order valence-electron chi connectivity index (χ2n) is 7.32. The lowest BCUT2D eigenvalue weighted by atomic mass is 10.2. The van der Waals surface area contributed by atoms with Crippen molar-refractivity contribution in [2.24, 2.45) is 7.05 Å². The van der Waals surface area contributed by atoms with Gasteiger partial charge in [-0.3, -0.25) is 9.59 Å². The molecule has 9 heteroatoms. The van der Waals surface area contributed by atoms with E-state index in [2.05, 4.69) is 0 Å². The smallest absolute Gasteiger partial charge is 0.254 e. The maximum atomic E-state index is 12.7. The molecule has 2 heterocycles. The van der Waals surface area contributed by atoms with Crippen molar-refractivity contribution in [1.29, 1.82) is 0 Å². The third-order valence-corrected chi connectivity index (χ3v) is 6.92. The Morgan fingerprint density at radius 1 is 1.17 bits per heavy atom. The first-order chi connectivity index (χ1) is 13.6. The maximum absolute atomic E-state index is 12.7. The van der Waals surface area contributed by atoms with Gasteiger partial charge in [-0.15, -0.1) is 0 Å². The number of carbonyl (C=O) groups is 1. The number of pyridine rings is 1. The molecular formula is C20H25N3O5S. The molecule has 3 rings (SSSR count). The zero-order chi connectivity index (χ0) is 21.3. The number of hydrogen-bond donors (Lipinski definition) is 0. The van der Waals surface area contributed by atoms with Gasteiger partial charge in [0.1, 0.15) is 11.9 Å². The highest BCUT2D eigenvalue weighted by Gasteiger charge is 2.29. The first kappa shape index (κ1) is 21.1. The molecule has 156 valence electrons. The Labute approximate surface area is 170 Å². The molecule has 1 fully saturated rings. The van der Waals surface area contributed by atoms with Crippen molar-refractivity contribution in [2.75, 3.05) is 27.2 Å². The minimum Gasteiger partial charge on any atom is -0.488 e. The van der Waals surface area contributed by atoms with E-state index in [-0.39, 0.29) is 22.5 Å². The molecule has 2 aromatic rings. The average molecular weight is 420 g/mol. The normalized spacial score (nSPS) is 17.0. The Morgan fingerprint density at radius 3 is 2.41 bits per heavy atom. The first-order valence-electron chi connectivity index (χ1n) is 9.26. The van der Waals surface area contributed by atoms with Gasteiger partial charge in [0.15, 0.2) is 0 Å². The minimum atomic E-state index is -3.53. The predicted octanol–water partition coefficient (Wildman–Crippen LogP) is 1.24. The Bertz CT molecular complexity index is 1070. The lowest BCUT2D eigenvalue weighted by molar-refractivity contribution is 0.0772. The van der Waals surface area contributed by atoms with E-state index in [0.29, 0.717) is 30.8 Å². The van der Waals surface area contributed by atoms with Gasteiger partial charge in [0.05, 0.1) is 11.4 Å². The van der Waals surface area contributed by atoms with Crippen LogP contribution in [0.1, 0.15) is 22.5 Å². The molecule has 0 bridgehead atoms. The Hall–Kier alpha value is -2.65. The van der Waals surface area contributed by atoms with E-state index < -0.39 is 10.0 Å². The quantitative estimate of drug-likeness (QED) is 0.728. The van der Waals surface area contributed by atoms with E-state index in [9.17, 15) is 18.0 Å². The summed E-state index contributed by atoms with van der Waals surface area (Å²) < 4.78 is 32.9. The van der Waals surface area contributed by atoms with Crippen molar-refractivity contribution in [2.45, 2.75) is 24.3 Å². The van der Waals surface area contributed by atoms with Gasteiger partial charge in [0, 0.05) is 51.4 Å². The Kier molecular flexibility index (Phi) is 5.81. The molecule has 1 amide bonds. The Balaban J connectivity index is 1.67. The van der Waals surface area contributed by atoms with Gasteiger partial charge in [-0.25, -0.2) is 12.7 Å². The summed E-state index contributed by atoms with van der Waals surface area (Å²) >= 11 is 0. The number of hydrogen-bond acceptors (Lipinski definition) is 5. The number of aromatic nitrogens is 1. The highest BCUT2D eigenvalue weighted by molar-refractivity contribution is 7.89. The van der Waals surface area contributed by atoms with E-state index in [0.717, 1.165) is 10.00 Å². The van der Waals surface area contributed by atoms with Crippen LogP contribution in [0.25, 0.3) is 0 Å². The predicted molar refractivity (Wildman–Crippen MR) is 109 cm³/mol. The molecule has 1 aliphatic heterocycles. The van der Waals surface area contributed by atoms with Crippen LogP contribution in [-0.2, 0) is 17.1 Å². The number of sulfonamides is 1. The van der Waals surface area contributed by atoms with E-state index in [1.165, 1.54) is 49.0 Å². The van der Waals surface area contributed by atoms with E-state index in [4.69, 9.17) is 4.74 Å². The molecule has 29 heavy (non-hydrogen) atoms. The van der Waals surface area contributed by atoms with Crippen LogP contribution in [0, 0.1) is 6.92 Å².